The zero-order chi connectivity index (χ0) is 11.8. The predicted molar refractivity (Wildman–Crippen MR) is 63.2 cm³/mol. The quantitative estimate of drug-likeness (QED) is 0.687. The third-order valence-corrected chi connectivity index (χ3v) is 2.21. The Balaban J connectivity index is 2.18. The van der Waals surface area contributed by atoms with Crippen LogP contribution < -0.4 is 10.6 Å². The van der Waals surface area contributed by atoms with E-state index in [-0.39, 0.29) is 11.9 Å². The highest BCUT2D eigenvalue weighted by Crippen LogP contribution is 2.03. The zero-order valence-corrected chi connectivity index (χ0v) is 9.95. The van der Waals surface area contributed by atoms with Crippen molar-refractivity contribution in [2.24, 2.45) is 0 Å². The summed E-state index contributed by atoms with van der Waals surface area (Å²) in [7, 11) is 0. The van der Waals surface area contributed by atoms with Crippen molar-refractivity contribution < 1.29 is 9.21 Å². The van der Waals surface area contributed by atoms with Crippen LogP contribution in [0.15, 0.2) is 22.8 Å². The lowest BCUT2D eigenvalue weighted by atomic mass is 10.2. The van der Waals surface area contributed by atoms with Crippen LogP contribution in [0.2, 0.25) is 0 Å². The molecule has 1 unspecified atom stereocenters. The molecule has 2 N–H and O–H groups in total. The van der Waals surface area contributed by atoms with Gasteiger partial charge in [0.1, 0.15) is 5.76 Å². The standard InChI is InChI=1S/C12H20N2O2/c1-3-6-13-9-12(15)14-10(2)8-11-5-4-7-16-11/h4-5,7,10,13H,3,6,8-9H2,1-2H3,(H,14,15). The average Bonchev–Trinajstić information content (AvgIpc) is 2.70. The summed E-state index contributed by atoms with van der Waals surface area (Å²) in [6, 6.07) is 3.87. The number of amides is 1. The molecule has 0 aliphatic heterocycles. The van der Waals surface area contributed by atoms with E-state index >= 15 is 0 Å². The molecule has 1 atom stereocenters. The van der Waals surface area contributed by atoms with Crippen LogP contribution in [-0.2, 0) is 11.2 Å². The van der Waals surface area contributed by atoms with Crippen molar-refractivity contribution in [2.75, 3.05) is 13.1 Å². The fourth-order valence-corrected chi connectivity index (χ4v) is 1.49. The van der Waals surface area contributed by atoms with Gasteiger partial charge < -0.3 is 15.1 Å². The Morgan fingerprint density at radius 2 is 2.38 bits per heavy atom. The van der Waals surface area contributed by atoms with Crippen LogP contribution in [0.4, 0.5) is 0 Å². The van der Waals surface area contributed by atoms with Crippen LogP contribution in [0.5, 0.6) is 0 Å². The lowest BCUT2D eigenvalue weighted by molar-refractivity contribution is -0.120. The van der Waals surface area contributed by atoms with Gasteiger partial charge in [-0.1, -0.05) is 6.92 Å². The molecule has 0 radical (unpaired) electrons. The van der Waals surface area contributed by atoms with E-state index in [9.17, 15) is 4.79 Å². The molecule has 0 bridgehead atoms. The van der Waals surface area contributed by atoms with E-state index in [1.54, 1.807) is 6.26 Å². The third kappa shape index (κ3) is 4.98. The molecular weight excluding hydrogens is 204 g/mol. The maximum atomic E-state index is 11.5. The first kappa shape index (κ1) is 12.8. The summed E-state index contributed by atoms with van der Waals surface area (Å²) in [5, 5.41) is 5.98. The van der Waals surface area contributed by atoms with E-state index in [1.807, 2.05) is 19.1 Å². The molecule has 1 heterocycles. The smallest absolute Gasteiger partial charge is 0.234 e. The van der Waals surface area contributed by atoms with Gasteiger partial charge >= 0.3 is 0 Å². The summed E-state index contributed by atoms with van der Waals surface area (Å²) in [5.41, 5.74) is 0. The molecule has 1 rings (SSSR count). The van der Waals surface area contributed by atoms with Crippen LogP contribution in [0.25, 0.3) is 0 Å². The Labute approximate surface area is 96.4 Å². The van der Waals surface area contributed by atoms with Gasteiger partial charge in [-0.15, -0.1) is 0 Å². The van der Waals surface area contributed by atoms with E-state index in [4.69, 9.17) is 4.42 Å². The van der Waals surface area contributed by atoms with Crippen LogP contribution in [0, 0.1) is 0 Å². The van der Waals surface area contributed by atoms with E-state index in [1.165, 1.54) is 0 Å². The molecule has 0 fully saturated rings. The Kier molecular flexibility index (Phi) is 5.64. The number of carbonyl (C=O) groups is 1. The molecule has 0 aliphatic rings. The topological polar surface area (TPSA) is 54.3 Å². The van der Waals surface area contributed by atoms with Crippen LogP contribution in [-0.4, -0.2) is 25.0 Å². The van der Waals surface area contributed by atoms with Gasteiger partial charge in [0.05, 0.1) is 12.8 Å². The van der Waals surface area contributed by atoms with E-state index in [0.717, 1.165) is 25.1 Å². The molecular formula is C12H20N2O2. The molecule has 4 heteroatoms. The molecule has 1 amide bonds. The van der Waals surface area contributed by atoms with Gasteiger partial charge in [0.25, 0.3) is 0 Å². The minimum atomic E-state index is 0.0347. The van der Waals surface area contributed by atoms with Crippen molar-refractivity contribution >= 4 is 5.91 Å². The second kappa shape index (κ2) is 7.06. The molecule has 1 aromatic rings. The van der Waals surface area contributed by atoms with Crippen LogP contribution in [0.1, 0.15) is 26.0 Å². The molecule has 0 spiro atoms. The molecule has 0 saturated carbocycles. The van der Waals surface area contributed by atoms with Gasteiger partial charge in [-0.3, -0.25) is 4.79 Å². The third-order valence-electron chi connectivity index (χ3n) is 2.21. The van der Waals surface area contributed by atoms with Crippen LogP contribution >= 0.6 is 0 Å². The fourth-order valence-electron chi connectivity index (χ4n) is 1.49. The molecule has 0 saturated heterocycles. The Morgan fingerprint density at radius 1 is 1.56 bits per heavy atom. The van der Waals surface area contributed by atoms with Crippen molar-refractivity contribution in [1.82, 2.24) is 10.6 Å². The zero-order valence-electron chi connectivity index (χ0n) is 9.95. The summed E-state index contributed by atoms with van der Waals surface area (Å²) in [6.45, 7) is 5.31. The van der Waals surface area contributed by atoms with Gasteiger partial charge in [0.2, 0.25) is 5.91 Å². The van der Waals surface area contributed by atoms with Gasteiger partial charge in [0, 0.05) is 12.5 Å². The highest BCUT2D eigenvalue weighted by Gasteiger charge is 2.08. The van der Waals surface area contributed by atoms with Crippen molar-refractivity contribution in [2.45, 2.75) is 32.7 Å². The molecule has 1 aromatic heterocycles. The summed E-state index contributed by atoms with van der Waals surface area (Å²) in [5.74, 6) is 0.932. The molecule has 4 nitrogen and oxygen atoms in total. The minimum absolute atomic E-state index is 0.0347. The monoisotopic (exact) mass is 224 g/mol. The summed E-state index contributed by atoms with van der Waals surface area (Å²) >= 11 is 0. The molecule has 90 valence electrons. The van der Waals surface area contributed by atoms with Crippen molar-refractivity contribution in [1.29, 1.82) is 0 Å². The first-order valence-corrected chi connectivity index (χ1v) is 5.74. The highest BCUT2D eigenvalue weighted by molar-refractivity contribution is 5.78. The number of furan rings is 1. The van der Waals surface area contributed by atoms with Gasteiger partial charge in [0.15, 0.2) is 0 Å². The van der Waals surface area contributed by atoms with Crippen molar-refractivity contribution in [3.63, 3.8) is 0 Å². The first-order chi connectivity index (χ1) is 7.72. The number of hydrogen-bond donors (Lipinski definition) is 2. The maximum absolute atomic E-state index is 11.5. The second-order valence-corrected chi connectivity index (χ2v) is 3.93. The van der Waals surface area contributed by atoms with Gasteiger partial charge in [-0.05, 0) is 32.0 Å². The summed E-state index contributed by atoms with van der Waals surface area (Å²) in [4.78, 5) is 11.5. The summed E-state index contributed by atoms with van der Waals surface area (Å²) in [6.07, 6.45) is 3.41. The number of nitrogens with one attached hydrogen (secondary N) is 2. The molecule has 0 aliphatic carbocycles. The lowest BCUT2D eigenvalue weighted by Crippen LogP contribution is -2.40. The minimum Gasteiger partial charge on any atom is -0.469 e. The van der Waals surface area contributed by atoms with E-state index < -0.39 is 0 Å². The summed E-state index contributed by atoms with van der Waals surface area (Å²) < 4.78 is 5.22. The maximum Gasteiger partial charge on any atom is 0.234 e. The van der Waals surface area contributed by atoms with E-state index in [2.05, 4.69) is 17.6 Å². The second-order valence-electron chi connectivity index (χ2n) is 3.93. The van der Waals surface area contributed by atoms with Gasteiger partial charge in [-0.2, -0.15) is 0 Å². The lowest BCUT2D eigenvalue weighted by Gasteiger charge is -2.12. The normalized spacial score (nSPS) is 12.4. The number of carbonyl (C=O) groups excluding carboxylic acids is 1. The number of hydrogen-bond acceptors (Lipinski definition) is 3. The Morgan fingerprint density at radius 3 is 3.00 bits per heavy atom. The molecule has 16 heavy (non-hydrogen) atoms. The largest absolute Gasteiger partial charge is 0.469 e. The fraction of sp³-hybridized carbons (Fsp3) is 0.583. The Hall–Kier alpha value is -1.29. The van der Waals surface area contributed by atoms with Crippen LogP contribution in [0.3, 0.4) is 0 Å². The predicted octanol–water partition coefficient (Wildman–Crippen LogP) is 1.33. The Bertz CT molecular complexity index is 296. The molecule has 0 aromatic carbocycles. The highest BCUT2D eigenvalue weighted by atomic mass is 16.3. The van der Waals surface area contributed by atoms with E-state index in [0.29, 0.717) is 6.54 Å². The SMILES string of the molecule is CCCNCC(=O)NC(C)Cc1ccco1. The van der Waals surface area contributed by atoms with Crippen molar-refractivity contribution in [3.05, 3.63) is 24.2 Å². The average molecular weight is 224 g/mol. The van der Waals surface area contributed by atoms with Gasteiger partial charge in [-0.25, -0.2) is 0 Å². The number of rotatable bonds is 7. The van der Waals surface area contributed by atoms with Crippen molar-refractivity contribution in [3.8, 4) is 0 Å². The first-order valence-electron chi connectivity index (χ1n) is 5.74.